The van der Waals surface area contributed by atoms with Crippen LogP contribution in [-0.4, -0.2) is 35.5 Å². The Morgan fingerprint density at radius 2 is 1.76 bits per heavy atom. The van der Waals surface area contributed by atoms with E-state index in [9.17, 15) is 14.4 Å². The molecule has 0 spiro atoms. The van der Waals surface area contributed by atoms with Gasteiger partial charge in [-0.3, -0.25) is 14.4 Å². The SMILES string of the molecule is CCOC(=O)C(CCn1cccc1C(=O)c1ccco1)C(=O)OCC. The summed E-state index contributed by atoms with van der Waals surface area (Å²) in [6.45, 7) is 4.00. The largest absolute Gasteiger partial charge is 0.465 e. The van der Waals surface area contributed by atoms with Gasteiger partial charge in [-0.2, -0.15) is 0 Å². The zero-order valence-corrected chi connectivity index (χ0v) is 14.3. The molecule has 134 valence electrons. The van der Waals surface area contributed by atoms with Crippen LogP contribution in [0.15, 0.2) is 41.1 Å². The summed E-state index contributed by atoms with van der Waals surface area (Å²) in [7, 11) is 0. The molecule has 0 aliphatic carbocycles. The Hall–Kier alpha value is -2.83. The van der Waals surface area contributed by atoms with Crippen LogP contribution in [-0.2, 0) is 25.6 Å². The molecule has 0 unspecified atom stereocenters. The van der Waals surface area contributed by atoms with Gasteiger partial charge in [0, 0.05) is 12.7 Å². The number of ether oxygens (including phenoxy) is 2. The van der Waals surface area contributed by atoms with Gasteiger partial charge in [0.05, 0.1) is 25.2 Å². The average Bonchev–Trinajstić information content (AvgIpc) is 3.27. The van der Waals surface area contributed by atoms with E-state index < -0.39 is 17.9 Å². The molecule has 0 saturated carbocycles. The molecule has 0 fully saturated rings. The first-order valence-electron chi connectivity index (χ1n) is 8.15. The van der Waals surface area contributed by atoms with E-state index in [1.165, 1.54) is 6.26 Å². The minimum absolute atomic E-state index is 0.171. The quantitative estimate of drug-likeness (QED) is 0.393. The Labute approximate surface area is 145 Å². The molecule has 0 aliphatic rings. The van der Waals surface area contributed by atoms with E-state index in [-0.39, 0.29) is 37.7 Å². The van der Waals surface area contributed by atoms with Crippen molar-refractivity contribution in [3.63, 3.8) is 0 Å². The molecule has 0 aromatic carbocycles. The Morgan fingerprint density at radius 3 is 2.32 bits per heavy atom. The van der Waals surface area contributed by atoms with Crippen LogP contribution in [0.1, 0.15) is 36.5 Å². The minimum atomic E-state index is -1.02. The lowest BCUT2D eigenvalue weighted by molar-refractivity contribution is -0.162. The third-order valence-corrected chi connectivity index (χ3v) is 3.61. The molecule has 0 radical (unpaired) electrons. The fraction of sp³-hybridized carbons (Fsp3) is 0.389. The van der Waals surface area contributed by atoms with Crippen molar-refractivity contribution in [2.24, 2.45) is 5.92 Å². The molecule has 2 rings (SSSR count). The lowest BCUT2D eigenvalue weighted by atomic mass is 10.1. The van der Waals surface area contributed by atoms with Gasteiger partial charge in [-0.15, -0.1) is 0 Å². The minimum Gasteiger partial charge on any atom is -0.465 e. The maximum atomic E-state index is 12.4. The van der Waals surface area contributed by atoms with E-state index in [1.54, 1.807) is 48.9 Å². The highest BCUT2D eigenvalue weighted by Crippen LogP contribution is 2.15. The van der Waals surface area contributed by atoms with E-state index in [4.69, 9.17) is 13.9 Å². The fourth-order valence-corrected chi connectivity index (χ4v) is 2.44. The molecule has 7 heteroatoms. The molecular weight excluding hydrogens is 326 g/mol. The molecule has 25 heavy (non-hydrogen) atoms. The Kier molecular flexibility index (Phi) is 6.56. The number of nitrogens with zero attached hydrogens (tertiary/aromatic N) is 1. The van der Waals surface area contributed by atoms with Gasteiger partial charge in [0.15, 0.2) is 11.7 Å². The molecule has 0 bridgehead atoms. The first kappa shape index (κ1) is 18.5. The van der Waals surface area contributed by atoms with E-state index in [0.717, 1.165) is 0 Å². The van der Waals surface area contributed by atoms with Gasteiger partial charge < -0.3 is 18.5 Å². The number of carbonyl (C=O) groups excluding carboxylic acids is 3. The molecule has 0 amide bonds. The average molecular weight is 347 g/mol. The van der Waals surface area contributed by atoms with Crippen LogP contribution in [0.4, 0.5) is 0 Å². The molecule has 2 aromatic heterocycles. The number of esters is 2. The van der Waals surface area contributed by atoms with Crippen molar-refractivity contribution in [2.45, 2.75) is 26.8 Å². The number of aromatic nitrogens is 1. The van der Waals surface area contributed by atoms with Crippen molar-refractivity contribution in [3.8, 4) is 0 Å². The van der Waals surface area contributed by atoms with E-state index in [0.29, 0.717) is 5.69 Å². The van der Waals surface area contributed by atoms with Crippen LogP contribution in [0.5, 0.6) is 0 Å². The summed E-state index contributed by atoms with van der Waals surface area (Å²) >= 11 is 0. The summed E-state index contributed by atoms with van der Waals surface area (Å²) in [6, 6.07) is 6.60. The summed E-state index contributed by atoms with van der Waals surface area (Å²) in [6.07, 6.45) is 3.31. The zero-order valence-electron chi connectivity index (χ0n) is 14.3. The highest BCUT2D eigenvalue weighted by Gasteiger charge is 2.29. The van der Waals surface area contributed by atoms with Crippen molar-refractivity contribution < 1.29 is 28.3 Å². The smallest absolute Gasteiger partial charge is 0.320 e. The van der Waals surface area contributed by atoms with E-state index in [1.807, 2.05) is 0 Å². The Morgan fingerprint density at radius 1 is 1.08 bits per heavy atom. The number of hydrogen-bond acceptors (Lipinski definition) is 6. The third-order valence-electron chi connectivity index (χ3n) is 3.61. The van der Waals surface area contributed by atoms with E-state index >= 15 is 0 Å². The van der Waals surface area contributed by atoms with Gasteiger partial charge in [-0.1, -0.05) is 0 Å². The van der Waals surface area contributed by atoms with Gasteiger partial charge >= 0.3 is 11.9 Å². The maximum absolute atomic E-state index is 12.4. The van der Waals surface area contributed by atoms with Crippen LogP contribution < -0.4 is 0 Å². The number of aryl methyl sites for hydroxylation is 1. The van der Waals surface area contributed by atoms with Crippen LogP contribution in [0.3, 0.4) is 0 Å². The van der Waals surface area contributed by atoms with Crippen LogP contribution >= 0.6 is 0 Å². The monoisotopic (exact) mass is 347 g/mol. The third kappa shape index (κ3) is 4.59. The van der Waals surface area contributed by atoms with Gasteiger partial charge in [0.1, 0.15) is 0 Å². The normalized spacial score (nSPS) is 10.7. The highest BCUT2D eigenvalue weighted by atomic mass is 16.6. The lowest BCUT2D eigenvalue weighted by Crippen LogP contribution is -2.29. The van der Waals surface area contributed by atoms with Crippen LogP contribution in [0, 0.1) is 5.92 Å². The summed E-state index contributed by atoms with van der Waals surface area (Å²) in [5.74, 6) is -2.29. The predicted molar refractivity (Wildman–Crippen MR) is 87.9 cm³/mol. The molecule has 2 aromatic rings. The summed E-state index contributed by atoms with van der Waals surface area (Å²) in [5.41, 5.74) is 0.418. The number of rotatable bonds is 9. The molecule has 7 nitrogen and oxygen atoms in total. The van der Waals surface area contributed by atoms with E-state index in [2.05, 4.69) is 0 Å². The number of hydrogen-bond donors (Lipinski definition) is 0. The van der Waals surface area contributed by atoms with Crippen molar-refractivity contribution in [3.05, 3.63) is 48.2 Å². The van der Waals surface area contributed by atoms with Crippen molar-refractivity contribution >= 4 is 17.7 Å². The first-order valence-corrected chi connectivity index (χ1v) is 8.15. The van der Waals surface area contributed by atoms with Gasteiger partial charge in [0.2, 0.25) is 5.78 Å². The predicted octanol–water partition coefficient (Wildman–Crippen LogP) is 2.44. The second-order valence-corrected chi connectivity index (χ2v) is 5.24. The zero-order chi connectivity index (χ0) is 18.2. The molecule has 2 heterocycles. The summed E-state index contributed by atoms with van der Waals surface area (Å²) in [4.78, 5) is 36.4. The van der Waals surface area contributed by atoms with Crippen LogP contribution in [0.2, 0.25) is 0 Å². The highest BCUT2D eigenvalue weighted by molar-refractivity contribution is 6.06. The number of ketones is 1. The van der Waals surface area contributed by atoms with Gasteiger partial charge in [-0.05, 0) is 44.5 Å². The summed E-state index contributed by atoms with van der Waals surface area (Å²) in [5, 5.41) is 0. The van der Waals surface area contributed by atoms with Crippen molar-refractivity contribution in [1.29, 1.82) is 0 Å². The van der Waals surface area contributed by atoms with Crippen molar-refractivity contribution in [1.82, 2.24) is 4.57 Å². The molecule has 0 N–H and O–H groups in total. The number of furan rings is 1. The fourth-order valence-electron chi connectivity index (χ4n) is 2.44. The standard InChI is InChI=1S/C18H21NO6/c1-3-23-17(21)13(18(22)24-4-2)9-11-19-10-5-7-14(19)16(20)15-8-6-12-25-15/h5-8,10,12-13H,3-4,9,11H2,1-2H3. The first-order chi connectivity index (χ1) is 12.1. The molecule has 0 aliphatic heterocycles. The lowest BCUT2D eigenvalue weighted by Gasteiger charge is -2.15. The Balaban J connectivity index is 2.10. The second kappa shape index (κ2) is 8.86. The topological polar surface area (TPSA) is 87.7 Å². The number of carbonyl (C=O) groups is 3. The van der Waals surface area contributed by atoms with Crippen molar-refractivity contribution in [2.75, 3.05) is 13.2 Å². The summed E-state index contributed by atoms with van der Waals surface area (Å²) < 4.78 is 16.7. The molecule has 0 saturated heterocycles. The maximum Gasteiger partial charge on any atom is 0.320 e. The second-order valence-electron chi connectivity index (χ2n) is 5.24. The van der Waals surface area contributed by atoms with Crippen LogP contribution in [0.25, 0.3) is 0 Å². The molecule has 0 atom stereocenters. The Bertz CT molecular complexity index is 698. The van der Waals surface area contributed by atoms with Gasteiger partial charge in [0.25, 0.3) is 0 Å². The van der Waals surface area contributed by atoms with Gasteiger partial charge in [-0.25, -0.2) is 0 Å². The molecular formula is C18H21NO6.